The third-order valence-electron chi connectivity index (χ3n) is 4.12. The molecule has 8 heteroatoms. The van der Waals surface area contributed by atoms with Crippen LogP contribution in [0.25, 0.3) is 16.8 Å². The van der Waals surface area contributed by atoms with Crippen molar-refractivity contribution in [1.29, 1.82) is 0 Å². The van der Waals surface area contributed by atoms with Crippen molar-refractivity contribution < 1.29 is 14.5 Å². The van der Waals surface area contributed by atoms with Gasteiger partial charge in [0.2, 0.25) is 5.91 Å². The van der Waals surface area contributed by atoms with Crippen molar-refractivity contribution in [2.24, 2.45) is 0 Å². The summed E-state index contributed by atoms with van der Waals surface area (Å²) in [5.41, 5.74) is 1.06. The Bertz CT molecular complexity index is 1120. The molecule has 3 aromatic carbocycles. The molecular formula is C21H17N3O4S. The molecule has 0 heterocycles. The quantitative estimate of drug-likeness (QED) is 0.284. The van der Waals surface area contributed by atoms with Crippen molar-refractivity contribution in [3.8, 4) is 5.75 Å². The first-order valence-corrected chi connectivity index (χ1v) is 8.99. The molecular weight excluding hydrogens is 390 g/mol. The van der Waals surface area contributed by atoms with Crippen LogP contribution in [0.2, 0.25) is 0 Å². The maximum atomic E-state index is 12.2. The van der Waals surface area contributed by atoms with Gasteiger partial charge in [0.15, 0.2) is 5.11 Å². The number of carbonyl (C=O) groups is 1. The molecule has 0 fully saturated rings. The number of benzene rings is 3. The van der Waals surface area contributed by atoms with E-state index in [1.807, 2.05) is 42.5 Å². The van der Waals surface area contributed by atoms with Crippen LogP contribution < -0.4 is 15.4 Å². The van der Waals surface area contributed by atoms with Crippen LogP contribution in [0.5, 0.6) is 5.75 Å². The molecule has 7 nitrogen and oxygen atoms in total. The number of thiocarbonyl (C=S) groups is 1. The third-order valence-corrected chi connectivity index (χ3v) is 4.32. The van der Waals surface area contributed by atoms with E-state index in [2.05, 4.69) is 10.6 Å². The molecule has 0 spiro atoms. The number of methoxy groups -OCH3 is 1. The average molecular weight is 407 g/mol. The number of nitro groups is 1. The largest absolute Gasteiger partial charge is 0.495 e. The van der Waals surface area contributed by atoms with Crippen LogP contribution in [0.1, 0.15) is 5.56 Å². The monoisotopic (exact) mass is 407 g/mol. The minimum atomic E-state index is -0.529. The van der Waals surface area contributed by atoms with E-state index in [4.69, 9.17) is 17.0 Å². The first-order valence-electron chi connectivity index (χ1n) is 8.58. The number of ether oxygens (including phenoxy) is 1. The van der Waals surface area contributed by atoms with Crippen LogP contribution in [0.3, 0.4) is 0 Å². The molecule has 0 aliphatic carbocycles. The minimum absolute atomic E-state index is 0.00336. The highest BCUT2D eigenvalue weighted by Gasteiger charge is 2.13. The summed E-state index contributed by atoms with van der Waals surface area (Å²) in [7, 11) is 1.43. The highest BCUT2D eigenvalue weighted by Crippen LogP contribution is 2.28. The first kappa shape index (κ1) is 20.0. The maximum Gasteiger partial charge on any atom is 0.271 e. The lowest BCUT2D eigenvalue weighted by atomic mass is 10.0. The lowest BCUT2D eigenvalue weighted by Gasteiger charge is -2.11. The van der Waals surface area contributed by atoms with Crippen LogP contribution in [0.4, 0.5) is 11.4 Å². The summed E-state index contributed by atoms with van der Waals surface area (Å²) < 4.78 is 5.16. The minimum Gasteiger partial charge on any atom is -0.495 e. The van der Waals surface area contributed by atoms with E-state index in [9.17, 15) is 14.9 Å². The number of nitrogens with zero attached hydrogens (tertiary/aromatic N) is 1. The zero-order chi connectivity index (χ0) is 20.8. The number of non-ortho nitro benzene ring substituents is 1. The molecule has 146 valence electrons. The fraction of sp³-hybridized carbons (Fsp3) is 0.0476. The van der Waals surface area contributed by atoms with Crippen molar-refractivity contribution in [3.05, 3.63) is 82.4 Å². The predicted molar refractivity (Wildman–Crippen MR) is 117 cm³/mol. The van der Waals surface area contributed by atoms with Gasteiger partial charge in [-0.05, 0) is 40.7 Å². The van der Waals surface area contributed by atoms with Gasteiger partial charge < -0.3 is 10.1 Å². The normalized spacial score (nSPS) is 10.7. The summed E-state index contributed by atoms with van der Waals surface area (Å²) in [5, 5.41) is 18.3. The van der Waals surface area contributed by atoms with Gasteiger partial charge in [0.05, 0.1) is 17.7 Å². The van der Waals surface area contributed by atoms with Gasteiger partial charge in [-0.3, -0.25) is 20.2 Å². The van der Waals surface area contributed by atoms with Gasteiger partial charge in [-0.15, -0.1) is 0 Å². The number of hydrogen-bond donors (Lipinski definition) is 2. The highest BCUT2D eigenvalue weighted by molar-refractivity contribution is 7.80. The standard InChI is InChI=1S/C21H17N3O4S/c1-28-19-11-10-16(24(26)27)13-18(19)22-21(29)23-20(25)12-9-15-7-4-6-14-5-2-3-8-17(14)15/h2-13H,1H3,(H2,22,23,25,29). The number of nitrogens with one attached hydrogen (secondary N) is 2. The Hall–Kier alpha value is -3.78. The van der Waals surface area contributed by atoms with E-state index in [0.717, 1.165) is 16.3 Å². The molecule has 0 radical (unpaired) electrons. The van der Waals surface area contributed by atoms with Crippen LogP contribution in [0, 0.1) is 10.1 Å². The van der Waals surface area contributed by atoms with E-state index in [1.165, 1.54) is 31.4 Å². The van der Waals surface area contributed by atoms with Crippen molar-refractivity contribution in [2.75, 3.05) is 12.4 Å². The number of carbonyl (C=O) groups excluding carboxylic acids is 1. The molecule has 29 heavy (non-hydrogen) atoms. The Morgan fingerprint density at radius 3 is 2.66 bits per heavy atom. The zero-order valence-electron chi connectivity index (χ0n) is 15.4. The molecule has 0 saturated carbocycles. The molecule has 0 aromatic heterocycles. The SMILES string of the molecule is COc1ccc([N+](=O)[O-])cc1NC(=S)NC(=O)C=Cc1cccc2ccccc12. The summed E-state index contributed by atoms with van der Waals surface area (Å²) in [6, 6.07) is 17.7. The highest BCUT2D eigenvalue weighted by atomic mass is 32.1. The van der Waals surface area contributed by atoms with Crippen LogP contribution in [-0.2, 0) is 4.79 Å². The van der Waals surface area contributed by atoms with E-state index in [0.29, 0.717) is 5.75 Å². The Labute approximate surface area is 172 Å². The molecule has 0 aliphatic rings. The lowest BCUT2D eigenvalue weighted by Crippen LogP contribution is -2.32. The van der Waals surface area contributed by atoms with Crippen molar-refractivity contribution in [2.45, 2.75) is 0 Å². The summed E-state index contributed by atoms with van der Waals surface area (Å²) >= 11 is 5.13. The molecule has 0 unspecified atom stereocenters. The molecule has 1 amide bonds. The van der Waals surface area contributed by atoms with Gasteiger partial charge in [-0.1, -0.05) is 42.5 Å². The van der Waals surface area contributed by atoms with E-state index in [1.54, 1.807) is 6.08 Å². The van der Waals surface area contributed by atoms with Gasteiger partial charge in [-0.2, -0.15) is 0 Å². The zero-order valence-corrected chi connectivity index (χ0v) is 16.2. The maximum absolute atomic E-state index is 12.2. The van der Waals surface area contributed by atoms with Crippen molar-refractivity contribution in [3.63, 3.8) is 0 Å². The number of amides is 1. The number of anilines is 1. The van der Waals surface area contributed by atoms with Gasteiger partial charge >= 0.3 is 0 Å². The molecule has 3 rings (SSSR count). The molecule has 2 N–H and O–H groups in total. The molecule has 0 aliphatic heterocycles. The second kappa shape index (κ2) is 8.94. The average Bonchev–Trinajstić information content (AvgIpc) is 2.72. The van der Waals surface area contributed by atoms with E-state index >= 15 is 0 Å². The van der Waals surface area contributed by atoms with Gasteiger partial charge in [0.1, 0.15) is 5.75 Å². The molecule has 3 aromatic rings. The Morgan fingerprint density at radius 2 is 1.90 bits per heavy atom. The third kappa shape index (κ3) is 4.94. The topological polar surface area (TPSA) is 93.5 Å². The first-order chi connectivity index (χ1) is 14.0. The number of fused-ring (bicyclic) bond motifs is 1. The summed E-state index contributed by atoms with van der Waals surface area (Å²) in [6.07, 6.45) is 3.08. The van der Waals surface area contributed by atoms with E-state index < -0.39 is 10.8 Å². The van der Waals surface area contributed by atoms with Gasteiger partial charge in [-0.25, -0.2) is 0 Å². The van der Waals surface area contributed by atoms with Crippen LogP contribution in [0.15, 0.2) is 66.7 Å². The number of nitro benzene ring substituents is 1. The van der Waals surface area contributed by atoms with E-state index in [-0.39, 0.29) is 16.5 Å². The summed E-state index contributed by atoms with van der Waals surface area (Å²) in [5.74, 6) is -0.0710. The Kier molecular flexibility index (Phi) is 6.16. The smallest absolute Gasteiger partial charge is 0.271 e. The Balaban J connectivity index is 1.69. The van der Waals surface area contributed by atoms with Gasteiger partial charge in [0.25, 0.3) is 5.69 Å². The number of hydrogen-bond acceptors (Lipinski definition) is 5. The van der Waals surface area contributed by atoms with Crippen molar-refractivity contribution >= 4 is 51.5 Å². The second-order valence-electron chi connectivity index (χ2n) is 5.99. The second-order valence-corrected chi connectivity index (χ2v) is 6.40. The molecule has 0 saturated heterocycles. The van der Waals surface area contributed by atoms with Crippen molar-refractivity contribution in [1.82, 2.24) is 5.32 Å². The summed E-state index contributed by atoms with van der Waals surface area (Å²) in [4.78, 5) is 22.6. The van der Waals surface area contributed by atoms with Crippen LogP contribution >= 0.6 is 12.2 Å². The summed E-state index contributed by atoms with van der Waals surface area (Å²) in [6.45, 7) is 0. The Morgan fingerprint density at radius 1 is 1.14 bits per heavy atom. The number of rotatable bonds is 5. The fourth-order valence-electron chi connectivity index (χ4n) is 2.78. The van der Waals surface area contributed by atoms with Gasteiger partial charge in [0, 0.05) is 18.2 Å². The fourth-order valence-corrected chi connectivity index (χ4v) is 2.99. The molecule has 0 atom stereocenters. The lowest BCUT2D eigenvalue weighted by molar-refractivity contribution is -0.384. The predicted octanol–water partition coefficient (Wildman–Crippen LogP) is 4.28. The molecule has 0 bridgehead atoms. The van der Waals surface area contributed by atoms with Crippen LogP contribution in [-0.4, -0.2) is 23.1 Å².